The zero-order valence-corrected chi connectivity index (χ0v) is 16.2. The Morgan fingerprint density at radius 2 is 2.04 bits per heavy atom. The molecule has 0 aliphatic heterocycles. The fourth-order valence-corrected chi connectivity index (χ4v) is 2.20. The van der Waals surface area contributed by atoms with E-state index >= 15 is 0 Å². The Morgan fingerprint density at radius 1 is 1.36 bits per heavy atom. The standard InChI is InChI=1S/C19H22N6O3/c1-13(2)19(4,12-20)21-17(26)11-28-18(27)16(25-14(3)22-23-24-25)10-15-8-6-5-7-9-15/h5-10,13H,11H2,1-4H3,(H,21,26)/b16-10-/t19-/m0/s1. The average Bonchev–Trinajstić information content (AvgIpc) is 3.10. The molecule has 0 spiro atoms. The fraction of sp³-hybridized carbons (Fsp3) is 0.368. The summed E-state index contributed by atoms with van der Waals surface area (Å²) < 4.78 is 6.38. The summed E-state index contributed by atoms with van der Waals surface area (Å²) in [6, 6.07) is 11.2. The maximum Gasteiger partial charge on any atom is 0.357 e. The molecule has 2 aromatic rings. The molecule has 0 saturated carbocycles. The Hall–Kier alpha value is -3.54. The lowest BCUT2D eigenvalue weighted by molar-refractivity contribution is -0.143. The second-order valence-electron chi connectivity index (χ2n) is 6.67. The summed E-state index contributed by atoms with van der Waals surface area (Å²) in [5, 5.41) is 23.0. The number of nitrogens with one attached hydrogen (secondary N) is 1. The minimum atomic E-state index is -1.06. The third-order valence-electron chi connectivity index (χ3n) is 4.29. The molecular formula is C19H22N6O3. The van der Waals surface area contributed by atoms with Crippen LogP contribution >= 0.6 is 0 Å². The third-order valence-corrected chi connectivity index (χ3v) is 4.29. The van der Waals surface area contributed by atoms with Crippen molar-refractivity contribution in [2.24, 2.45) is 5.92 Å². The normalized spacial score (nSPS) is 13.5. The highest BCUT2D eigenvalue weighted by molar-refractivity contribution is 6.15. The van der Waals surface area contributed by atoms with Crippen molar-refractivity contribution in [2.75, 3.05) is 6.61 Å². The van der Waals surface area contributed by atoms with Crippen molar-refractivity contribution >= 4 is 23.6 Å². The largest absolute Gasteiger partial charge is 0.451 e. The van der Waals surface area contributed by atoms with Gasteiger partial charge in [-0.05, 0) is 41.8 Å². The van der Waals surface area contributed by atoms with E-state index in [-0.39, 0.29) is 11.6 Å². The van der Waals surface area contributed by atoms with Gasteiger partial charge in [-0.1, -0.05) is 44.2 Å². The Morgan fingerprint density at radius 3 is 2.57 bits per heavy atom. The van der Waals surface area contributed by atoms with Crippen LogP contribution in [0.5, 0.6) is 0 Å². The van der Waals surface area contributed by atoms with E-state index in [1.165, 1.54) is 4.68 Å². The van der Waals surface area contributed by atoms with Gasteiger partial charge in [-0.3, -0.25) is 4.79 Å². The van der Waals surface area contributed by atoms with Crippen molar-refractivity contribution in [3.05, 3.63) is 41.7 Å². The summed E-state index contributed by atoms with van der Waals surface area (Å²) in [5.41, 5.74) is -0.252. The second-order valence-corrected chi connectivity index (χ2v) is 6.67. The number of ether oxygens (including phenoxy) is 1. The van der Waals surface area contributed by atoms with Gasteiger partial charge in [0.15, 0.2) is 18.1 Å². The van der Waals surface area contributed by atoms with Crippen LogP contribution in [0.4, 0.5) is 0 Å². The quantitative estimate of drug-likeness (QED) is 0.569. The van der Waals surface area contributed by atoms with Gasteiger partial charge in [0.1, 0.15) is 5.54 Å². The molecule has 0 unspecified atom stereocenters. The minimum absolute atomic E-state index is 0.0633. The number of amides is 1. The van der Waals surface area contributed by atoms with Crippen LogP contribution < -0.4 is 5.32 Å². The Labute approximate surface area is 163 Å². The SMILES string of the molecule is Cc1nnnn1/C(=C\c1ccccc1)C(=O)OCC(=O)N[C@@](C)(C#N)C(C)C. The predicted molar refractivity (Wildman–Crippen MR) is 101 cm³/mol. The van der Waals surface area contributed by atoms with Crippen molar-refractivity contribution in [1.29, 1.82) is 5.26 Å². The molecule has 28 heavy (non-hydrogen) atoms. The van der Waals surface area contributed by atoms with Gasteiger partial charge < -0.3 is 10.1 Å². The molecule has 0 radical (unpaired) electrons. The molecule has 1 N–H and O–H groups in total. The highest BCUT2D eigenvalue weighted by atomic mass is 16.5. The number of esters is 1. The summed E-state index contributed by atoms with van der Waals surface area (Å²) >= 11 is 0. The molecule has 0 bridgehead atoms. The second kappa shape index (κ2) is 8.90. The first-order chi connectivity index (χ1) is 13.3. The Bertz CT molecular complexity index is 913. The van der Waals surface area contributed by atoms with Gasteiger partial charge in [0.05, 0.1) is 6.07 Å². The summed E-state index contributed by atoms with van der Waals surface area (Å²) in [7, 11) is 0. The molecule has 1 aromatic heterocycles. The van der Waals surface area contributed by atoms with E-state index in [9.17, 15) is 14.9 Å². The molecule has 1 amide bonds. The molecular weight excluding hydrogens is 360 g/mol. The molecule has 0 saturated heterocycles. The van der Waals surface area contributed by atoms with E-state index in [0.29, 0.717) is 5.82 Å². The smallest absolute Gasteiger partial charge is 0.357 e. The molecule has 146 valence electrons. The van der Waals surface area contributed by atoms with E-state index in [4.69, 9.17) is 4.74 Å². The van der Waals surface area contributed by atoms with Crippen molar-refractivity contribution in [3.8, 4) is 6.07 Å². The van der Waals surface area contributed by atoms with Crippen molar-refractivity contribution in [1.82, 2.24) is 25.5 Å². The van der Waals surface area contributed by atoms with Gasteiger partial charge in [-0.15, -0.1) is 5.10 Å². The number of aryl methyl sites for hydroxylation is 1. The zero-order valence-electron chi connectivity index (χ0n) is 16.2. The van der Waals surface area contributed by atoms with Crippen molar-refractivity contribution in [2.45, 2.75) is 33.2 Å². The highest BCUT2D eigenvalue weighted by Crippen LogP contribution is 2.16. The van der Waals surface area contributed by atoms with Crippen LogP contribution in [0, 0.1) is 24.2 Å². The number of hydrogen-bond acceptors (Lipinski definition) is 7. The van der Waals surface area contributed by atoms with E-state index in [2.05, 4.69) is 26.9 Å². The van der Waals surface area contributed by atoms with E-state index < -0.39 is 24.0 Å². The Balaban J connectivity index is 2.16. The van der Waals surface area contributed by atoms with Gasteiger partial charge in [-0.2, -0.15) is 9.94 Å². The number of nitriles is 1. The summed E-state index contributed by atoms with van der Waals surface area (Å²) in [4.78, 5) is 24.8. The fourth-order valence-electron chi connectivity index (χ4n) is 2.20. The first-order valence-corrected chi connectivity index (χ1v) is 8.68. The molecule has 0 aliphatic rings. The maximum atomic E-state index is 12.6. The van der Waals surface area contributed by atoms with E-state index in [1.54, 1.807) is 32.1 Å². The molecule has 0 aliphatic carbocycles. The van der Waals surface area contributed by atoms with Gasteiger partial charge >= 0.3 is 5.97 Å². The van der Waals surface area contributed by atoms with Crippen LogP contribution in [0.15, 0.2) is 30.3 Å². The van der Waals surface area contributed by atoms with Crippen LogP contribution in [0.2, 0.25) is 0 Å². The van der Waals surface area contributed by atoms with Gasteiger partial charge in [0.2, 0.25) is 0 Å². The molecule has 1 heterocycles. The lowest BCUT2D eigenvalue weighted by Gasteiger charge is -2.27. The van der Waals surface area contributed by atoms with E-state index in [0.717, 1.165) is 5.56 Å². The lowest BCUT2D eigenvalue weighted by atomic mass is 9.90. The first kappa shape index (κ1) is 20.8. The molecule has 9 nitrogen and oxygen atoms in total. The number of aromatic nitrogens is 4. The Kier molecular flexibility index (Phi) is 6.60. The van der Waals surface area contributed by atoms with Crippen LogP contribution in [-0.2, 0) is 14.3 Å². The van der Waals surface area contributed by atoms with Crippen LogP contribution in [0.25, 0.3) is 11.8 Å². The monoisotopic (exact) mass is 382 g/mol. The lowest BCUT2D eigenvalue weighted by Crippen LogP contribution is -2.50. The molecule has 1 aromatic carbocycles. The molecule has 9 heteroatoms. The molecule has 2 rings (SSSR count). The van der Waals surface area contributed by atoms with Crippen LogP contribution in [0.1, 0.15) is 32.2 Å². The van der Waals surface area contributed by atoms with Gasteiger partial charge in [-0.25, -0.2) is 4.79 Å². The van der Waals surface area contributed by atoms with Gasteiger partial charge in [0.25, 0.3) is 5.91 Å². The van der Waals surface area contributed by atoms with E-state index in [1.807, 2.05) is 32.0 Å². The predicted octanol–water partition coefficient (Wildman–Crippen LogP) is 1.58. The summed E-state index contributed by atoms with van der Waals surface area (Å²) in [5.74, 6) is -1.06. The zero-order chi connectivity index (χ0) is 20.7. The minimum Gasteiger partial charge on any atom is -0.451 e. The third kappa shape index (κ3) is 5.01. The summed E-state index contributed by atoms with van der Waals surface area (Å²) in [6.07, 6.45) is 1.57. The maximum absolute atomic E-state index is 12.6. The first-order valence-electron chi connectivity index (χ1n) is 8.68. The van der Waals surface area contributed by atoms with Gasteiger partial charge in [0, 0.05) is 0 Å². The number of tetrazole rings is 1. The van der Waals surface area contributed by atoms with Crippen molar-refractivity contribution in [3.63, 3.8) is 0 Å². The average molecular weight is 382 g/mol. The molecule has 0 fully saturated rings. The number of hydrogen-bond donors (Lipinski definition) is 1. The number of rotatable bonds is 7. The van der Waals surface area contributed by atoms with Crippen molar-refractivity contribution < 1.29 is 14.3 Å². The van der Waals surface area contributed by atoms with Crippen LogP contribution in [0.3, 0.4) is 0 Å². The highest BCUT2D eigenvalue weighted by Gasteiger charge is 2.30. The number of carbonyl (C=O) groups excluding carboxylic acids is 2. The number of nitrogens with zero attached hydrogens (tertiary/aromatic N) is 5. The number of benzene rings is 1. The topological polar surface area (TPSA) is 123 Å². The molecule has 1 atom stereocenters. The number of carbonyl (C=O) groups is 2. The van der Waals surface area contributed by atoms with Crippen LogP contribution in [-0.4, -0.2) is 44.2 Å². The summed E-state index contributed by atoms with van der Waals surface area (Å²) in [6.45, 7) is 6.35.